The van der Waals surface area contributed by atoms with Crippen molar-refractivity contribution in [3.05, 3.63) is 65.5 Å². The second-order valence-electron chi connectivity index (χ2n) is 6.86. The SMILES string of the molecule is Cn1c(CN2CCC(c3cccc(C#N)c3)CC2)nc2ccccc21. The van der Waals surface area contributed by atoms with Crippen LogP contribution in [0.2, 0.25) is 0 Å². The minimum Gasteiger partial charge on any atom is -0.330 e. The molecule has 25 heavy (non-hydrogen) atoms. The first kappa shape index (κ1) is 15.9. The molecule has 0 spiro atoms. The van der Waals surface area contributed by atoms with E-state index in [-0.39, 0.29) is 0 Å². The quantitative estimate of drug-likeness (QED) is 0.733. The first-order valence-electron chi connectivity index (χ1n) is 8.87. The van der Waals surface area contributed by atoms with Crippen LogP contribution in [0, 0.1) is 11.3 Å². The number of nitriles is 1. The molecule has 0 saturated carbocycles. The minimum absolute atomic E-state index is 0.560. The molecule has 1 fully saturated rings. The molecule has 0 atom stereocenters. The van der Waals surface area contributed by atoms with Crippen LogP contribution in [-0.4, -0.2) is 27.5 Å². The Bertz CT molecular complexity index is 926. The summed E-state index contributed by atoms with van der Waals surface area (Å²) in [6.45, 7) is 3.05. The van der Waals surface area contributed by atoms with E-state index in [2.05, 4.69) is 46.8 Å². The number of fused-ring (bicyclic) bond motifs is 1. The van der Waals surface area contributed by atoms with Crippen LogP contribution in [0.1, 0.15) is 35.7 Å². The third kappa shape index (κ3) is 3.16. The Morgan fingerprint density at radius 1 is 1.12 bits per heavy atom. The highest BCUT2D eigenvalue weighted by Gasteiger charge is 2.22. The number of aromatic nitrogens is 2. The van der Waals surface area contributed by atoms with Crippen molar-refractivity contribution in [3.63, 3.8) is 0 Å². The normalized spacial score (nSPS) is 16.2. The molecule has 3 aromatic rings. The number of benzene rings is 2. The van der Waals surface area contributed by atoms with E-state index in [1.54, 1.807) is 0 Å². The van der Waals surface area contributed by atoms with Crippen LogP contribution in [0.15, 0.2) is 48.5 Å². The van der Waals surface area contributed by atoms with E-state index in [0.717, 1.165) is 49.4 Å². The number of hydrogen-bond acceptors (Lipinski definition) is 3. The molecular formula is C21H22N4. The van der Waals surface area contributed by atoms with Gasteiger partial charge in [-0.1, -0.05) is 24.3 Å². The summed E-state index contributed by atoms with van der Waals surface area (Å²) in [5.74, 6) is 1.69. The highest BCUT2D eigenvalue weighted by molar-refractivity contribution is 5.75. The zero-order chi connectivity index (χ0) is 17.2. The van der Waals surface area contributed by atoms with Crippen LogP contribution in [0.3, 0.4) is 0 Å². The highest BCUT2D eigenvalue weighted by atomic mass is 15.2. The summed E-state index contributed by atoms with van der Waals surface area (Å²) in [6.07, 6.45) is 2.28. The molecule has 2 heterocycles. The van der Waals surface area contributed by atoms with Gasteiger partial charge >= 0.3 is 0 Å². The van der Waals surface area contributed by atoms with Crippen LogP contribution >= 0.6 is 0 Å². The first-order valence-corrected chi connectivity index (χ1v) is 8.87. The van der Waals surface area contributed by atoms with Gasteiger partial charge in [0.2, 0.25) is 0 Å². The largest absolute Gasteiger partial charge is 0.330 e. The van der Waals surface area contributed by atoms with Crippen LogP contribution in [0.5, 0.6) is 0 Å². The van der Waals surface area contributed by atoms with E-state index in [1.807, 2.05) is 24.3 Å². The van der Waals surface area contributed by atoms with Crippen molar-refractivity contribution < 1.29 is 0 Å². The van der Waals surface area contributed by atoms with Gasteiger partial charge in [0.25, 0.3) is 0 Å². The maximum Gasteiger partial charge on any atom is 0.123 e. The highest BCUT2D eigenvalue weighted by Crippen LogP contribution is 2.29. The Morgan fingerprint density at radius 2 is 1.92 bits per heavy atom. The van der Waals surface area contributed by atoms with Gasteiger partial charge in [-0.25, -0.2) is 4.98 Å². The maximum absolute atomic E-state index is 9.08. The van der Waals surface area contributed by atoms with Gasteiger partial charge in [-0.05, 0) is 61.7 Å². The molecule has 1 saturated heterocycles. The number of piperidine rings is 1. The van der Waals surface area contributed by atoms with E-state index < -0.39 is 0 Å². The molecule has 1 aliphatic rings. The molecule has 0 unspecified atom stereocenters. The van der Waals surface area contributed by atoms with Crippen LogP contribution < -0.4 is 0 Å². The van der Waals surface area contributed by atoms with Gasteiger partial charge in [-0.2, -0.15) is 5.26 Å². The van der Waals surface area contributed by atoms with Crippen molar-refractivity contribution >= 4 is 11.0 Å². The van der Waals surface area contributed by atoms with E-state index in [1.165, 1.54) is 11.1 Å². The van der Waals surface area contributed by atoms with Gasteiger partial charge in [0, 0.05) is 7.05 Å². The van der Waals surface area contributed by atoms with E-state index in [9.17, 15) is 0 Å². The summed E-state index contributed by atoms with van der Waals surface area (Å²) >= 11 is 0. The Kier molecular flexibility index (Phi) is 4.25. The average molecular weight is 330 g/mol. The monoisotopic (exact) mass is 330 g/mol. The number of aryl methyl sites for hydroxylation is 1. The zero-order valence-electron chi connectivity index (χ0n) is 14.5. The Morgan fingerprint density at radius 3 is 2.68 bits per heavy atom. The molecule has 126 valence electrons. The van der Waals surface area contributed by atoms with Gasteiger partial charge in [0.1, 0.15) is 5.82 Å². The summed E-state index contributed by atoms with van der Waals surface area (Å²) in [5.41, 5.74) is 4.34. The molecule has 4 heteroatoms. The van der Waals surface area contributed by atoms with Crippen LogP contribution in [-0.2, 0) is 13.6 Å². The molecule has 1 aromatic heterocycles. The van der Waals surface area contributed by atoms with Gasteiger partial charge < -0.3 is 4.57 Å². The lowest BCUT2D eigenvalue weighted by atomic mass is 9.88. The number of likely N-dealkylation sites (tertiary alicyclic amines) is 1. The van der Waals surface area contributed by atoms with Crippen molar-refractivity contribution in [2.24, 2.45) is 7.05 Å². The van der Waals surface area contributed by atoms with Crippen molar-refractivity contribution in [3.8, 4) is 6.07 Å². The van der Waals surface area contributed by atoms with Crippen molar-refractivity contribution in [2.75, 3.05) is 13.1 Å². The lowest BCUT2D eigenvalue weighted by molar-refractivity contribution is 0.199. The topological polar surface area (TPSA) is 44.9 Å². The molecule has 4 nitrogen and oxygen atoms in total. The van der Waals surface area contributed by atoms with E-state index in [4.69, 9.17) is 10.2 Å². The zero-order valence-corrected chi connectivity index (χ0v) is 14.5. The van der Waals surface area contributed by atoms with Gasteiger partial charge in [-0.3, -0.25) is 4.90 Å². The van der Waals surface area contributed by atoms with Crippen molar-refractivity contribution in [1.82, 2.24) is 14.5 Å². The fraction of sp³-hybridized carbons (Fsp3) is 0.333. The van der Waals surface area contributed by atoms with Gasteiger partial charge in [0.15, 0.2) is 0 Å². The standard InChI is InChI=1S/C21H22N4/c1-24-20-8-3-2-7-19(20)23-21(24)15-25-11-9-17(10-12-25)18-6-4-5-16(13-18)14-22/h2-8,13,17H,9-12,15H2,1H3. The number of nitrogens with zero attached hydrogens (tertiary/aromatic N) is 4. The minimum atomic E-state index is 0.560. The predicted octanol–water partition coefficient (Wildman–Crippen LogP) is 3.82. The fourth-order valence-corrected chi connectivity index (χ4v) is 3.82. The number of rotatable bonds is 3. The number of hydrogen-bond donors (Lipinski definition) is 0. The second kappa shape index (κ2) is 6.70. The smallest absolute Gasteiger partial charge is 0.123 e. The number of imidazole rings is 1. The van der Waals surface area contributed by atoms with E-state index in [0.29, 0.717) is 5.92 Å². The molecule has 4 rings (SSSR count). The fourth-order valence-electron chi connectivity index (χ4n) is 3.82. The molecule has 0 aliphatic carbocycles. The lowest BCUT2D eigenvalue weighted by Crippen LogP contribution is -2.33. The van der Waals surface area contributed by atoms with E-state index >= 15 is 0 Å². The Hall–Kier alpha value is -2.64. The van der Waals surface area contributed by atoms with Crippen molar-refractivity contribution in [1.29, 1.82) is 5.26 Å². The summed E-state index contributed by atoms with van der Waals surface area (Å²) < 4.78 is 2.21. The molecular weight excluding hydrogens is 308 g/mol. The molecule has 2 aromatic carbocycles. The molecule has 0 amide bonds. The molecule has 0 radical (unpaired) electrons. The maximum atomic E-state index is 9.08. The first-order chi connectivity index (χ1) is 12.2. The third-order valence-corrected chi connectivity index (χ3v) is 5.32. The molecule has 1 aliphatic heterocycles. The summed E-state index contributed by atoms with van der Waals surface area (Å²) in [7, 11) is 2.10. The Balaban J connectivity index is 1.43. The summed E-state index contributed by atoms with van der Waals surface area (Å²) in [6, 6.07) is 18.6. The van der Waals surface area contributed by atoms with Crippen LogP contribution in [0.4, 0.5) is 0 Å². The Labute approximate surface area is 148 Å². The third-order valence-electron chi connectivity index (χ3n) is 5.32. The van der Waals surface area contributed by atoms with Crippen LogP contribution in [0.25, 0.3) is 11.0 Å². The van der Waals surface area contributed by atoms with Crippen molar-refractivity contribution in [2.45, 2.75) is 25.3 Å². The van der Waals surface area contributed by atoms with Gasteiger partial charge in [0.05, 0.1) is 29.2 Å². The van der Waals surface area contributed by atoms with Gasteiger partial charge in [-0.15, -0.1) is 0 Å². The lowest BCUT2D eigenvalue weighted by Gasteiger charge is -2.32. The molecule has 0 N–H and O–H groups in total. The second-order valence-corrected chi connectivity index (χ2v) is 6.86. The summed E-state index contributed by atoms with van der Waals surface area (Å²) in [4.78, 5) is 7.28. The summed E-state index contributed by atoms with van der Waals surface area (Å²) in [5, 5.41) is 9.08. The number of para-hydroxylation sites is 2. The average Bonchev–Trinajstić information content (AvgIpc) is 2.98. The molecule has 0 bridgehead atoms. The predicted molar refractivity (Wildman–Crippen MR) is 99.1 cm³/mol.